The van der Waals surface area contributed by atoms with Gasteiger partial charge in [-0.2, -0.15) is 16.4 Å². The Hall–Kier alpha value is -1.89. The summed E-state index contributed by atoms with van der Waals surface area (Å²) in [5, 5.41) is 12.0. The molecule has 0 radical (unpaired) electrons. The highest BCUT2D eigenvalue weighted by Crippen LogP contribution is 2.23. The molecule has 0 aliphatic heterocycles. The van der Waals surface area contributed by atoms with Gasteiger partial charge in [0, 0.05) is 24.8 Å². The van der Waals surface area contributed by atoms with Crippen molar-refractivity contribution < 1.29 is 4.79 Å². The number of aromatic nitrogens is 4. The quantitative estimate of drug-likeness (QED) is 0.663. The van der Waals surface area contributed by atoms with Crippen LogP contribution in [-0.2, 0) is 10.5 Å². The third kappa shape index (κ3) is 4.84. The molecule has 1 aliphatic carbocycles. The van der Waals surface area contributed by atoms with Crippen LogP contribution in [0.3, 0.4) is 0 Å². The van der Waals surface area contributed by atoms with Gasteiger partial charge in [-0.15, -0.1) is 5.10 Å². The minimum absolute atomic E-state index is 0.287. The zero-order chi connectivity index (χ0) is 18.2. The Balaban J connectivity index is 1.47. The third-order valence-corrected chi connectivity index (χ3v) is 5.86. The molecule has 3 rings (SSSR count). The molecule has 26 heavy (non-hydrogen) atoms. The van der Waals surface area contributed by atoms with Crippen LogP contribution in [0.25, 0.3) is 5.69 Å². The summed E-state index contributed by atoms with van der Waals surface area (Å²) in [5.74, 6) is 2.59. The maximum Gasteiger partial charge on any atom is 0.223 e. The molecule has 1 saturated carbocycles. The molecule has 0 spiro atoms. The van der Waals surface area contributed by atoms with Crippen molar-refractivity contribution in [2.75, 3.05) is 12.3 Å². The second kappa shape index (κ2) is 9.71. The van der Waals surface area contributed by atoms with E-state index in [2.05, 4.69) is 27.3 Å². The lowest BCUT2D eigenvalue weighted by Gasteiger charge is -2.33. The second-order valence-electron chi connectivity index (χ2n) is 6.62. The zero-order valence-electron chi connectivity index (χ0n) is 15.4. The van der Waals surface area contributed by atoms with E-state index >= 15 is 0 Å². The average Bonchev–Trinajstić information content (AvgIpc) is 3.16. The Morgan fingerprint density at radius 3 is 2.73 bits per heavy atom. The lowest BCUT2D eigenvalue weighted by Crippen LogP contribution is -2.41. The van der Waals surface area contributed by atoms with Crippen molar-refractivity contribution in [2.24, 2.45) is 0 Å². The van der Waals surface area contributed by atoms with E-state index in [1.165, 1.54) is 32.1 Å². The number of thioether (sulfide) groups is 1. The first-order valence-corrected chi connectivity index (χ1v) is 10.6. The number of benzene rings is 1. The monoisotopic (exact) mass is 373 g/mol. The summed E-state index contributed by atoms with van der Waals surface area (Å²) in [7, 11) is 0. The third-order valence-electron chi connectivity index (χ3n) is 4.90. The van der Waals surface area contributed by atoms with Crippen molar-refractivity contribution in [3.05, 3.63) is 36.2 Å². The number of hydrogen-bond donors (Lipinski definition) is 0. The van der Waals surface area contributed by atoms with Gasteiger partial charge in [0.15, 0.2) is 5.82 Å². The first-order valence-electron chi connectivity index (χ1n) is 9.49. The Morgan fingerprint density at radius 1 is 1.23 bits per heavy atom. The minimum atomic E-state index is 0.287. The van der Waals surface area contributed by atoms with E-state index < -0.39 is 0 Å². The van der Waals surface area contributed by atoms with Crippen molar-refractivity contribution in [2.45, 2.75) is 57.2 Å². The molecule has 7 heteroatoms. The van der Waals surface area contributed by atoms with Crippen molar-refractivity contribution in [3.8, 4) is 5.69 Å². The van der Waals surface area contributed by atoms with E-state index in [1.54, 1.807) is 16.4 Å². The van der Waals surface area contributed by atoms with E-state index in [0.717, 1.165) is 23.8 Å². The van der Waals surface area contributed by atoms with Crippen LogP contribution in [0.4, 0.5) is 0 Å². The zero-order valence-corrected chi connectivity index (χ0v) is 16.2. The molecule has 1 aliphatic rings. The summed E-state index contributed by atoms with van der Waals surface area (Å²) in [6, 6.07) is 10.3. The fraction of sp³-hybridized carbons (Fsp3) is 0.579. The van der Waals surface area contributed by atoms with Crippen LogP contribution >= 0.6 is 11.8 Å². The summed E-state index contributed by atoms with van der Waals surface area (Å²) >= 11 is 1.71. The number of carbonyl (C=O) groups is 1. The molecule has 1 aromatic heterocycles. The lowest BCUT2D eigenvalue weighted by atomic mass is 9.94. The van der Waals surface area contributed by atoms with Crippen LogP contribution < -0.4 is 0 Å². The second-order valence-corrected chi connectivity index (χ2v) is 7.72. The number of rotatable bonds is 8. The van der Waals surface area contributed by atoms with Crippen LogP contribution in [0.1, 0.15) is 51.3 Å². The maximum absolute atomic E-state index is 12.6. The van der Waals surface area contributed by atoms with Crippen LogP contribution in [-0.4, -0.2) is 49.4 Å². The Kier molecular flexibility index (Phi) is 7.05. The van der Waals surface area contributed by atoms with Crippen molar-refractivity contribution in [3.63, 3.8) is 0 Å². The van der Waals surface area contributed by atoms with Gasteiger partial charge in [-0.05, 0) is 42.3 Å². The van der Waals surface area contributed by atoms with Gasteiger partial charge in [-0.25, -0.2) is 0 Å². The smallest absolute Gasteiger partial charge is 0.223 e. The fourth-order valence-corrected chi connectivity index (χ4v) is 4.39. The van der Waals surface area contributed by atoms with E-state index in [0.29, 0.717) is 18.2 Å². The number of carbonyl (C=O) groups excluding carboxylic acids is 1. The highest BCUT2D eigenvalue weighted by molar-refractivity contribution is 7.98. The molecule has 1 fully saturated rings. The topological polar surface area (TPSA) is 63.9 Å². The van der Waals surface area contributed by atoms with Gasteiger partial charge in [0.05, 0.1) is 11.4 Å². The molecule has 6 nitrogen and oxygen atoms in total. The van der Waals surface area contributed by atoms with Crippen molar-refractivity contribution >= 4 is 17.7 Å². The van der Waals surface area contributed by atoms with E-state index in [4.69, 9.17) is 0 Å². The number of nitrogens with zero attached hydrogens (tertiary/aromatic N) is 5. The maximum atomic E-state index is 12.6. The predicted octanol–water partition coefficient (Wildman–Crippen LogP) is 3.47. The van der Waals surface area contributed by atoms with Gasteiger partial charge in [0.25, 0.3) is 0 Å². The van der Waals surface area contributed by atoms with Gasteiger partial charge in [-0.1, -0.05) is 37.5 Å². The number of hydrogen-bond acceptors (Lipinski definition) is 5. The van der Waals surface area contributed by atoms with Crippen molar-refractivity contribution in [1.29, 1.82) is 0 Å². The molecule has 140 valence electrons. The van der Waals surface area contributed by atoms with Gasteiger partial charge < -0.3 is 4.90 Å². The predicted molar refractivity (Wildman–Crippen MR) is 104 cm³/mol. The molecule has 0 bridgehead atoms. The van der Waals surface area contributed by atoms with E-state index in [1.807, 2.05) is 30.3 Å². The summed E-state index contributed by atoms with van der Waals surface area (Å²) in [6.07, 6.45) is 6.74. The van der Waals surface area contributed by atoms with Gasteiger partial charge in [-0.3, -0.25) is 4.79 Å². The summed E-state index contributed by atoms with van der Waals surface area (Å²) < 4.78 is 1.76. The number of para-hydroxylation sites is 1. The van der Waals surface area contributed by atoms with Gasteiger partial charge in [0.2, 0.25) is 5.91 Å². The highest BCUT2D eigenvalue weighted by Gasteiger charge is 2.23. The normalized spacial score (nSPS) is 15.1. The molecule has 0 saturated heterocycles. The van der Waals surface area contributed by atoms with Crippen LogP contribution in [0, 0.1) is 0 Å². The SMILES string of the molecule is CCN(C(=O)CCSCc1nnnn1-c1ccccc1)C1CCCCC1. The molecule has 1 amide bonds. The average molecular weight is 374 g/mol. The highest BCUT2D eigenvalue weighted by atomic mass is 32.2. The summed E-state index contributed by atoms with van der Waals surface area (Å²) in [4.78, 5) is 14.7. The summed E-state index contributed by atoms with van der Waals surface area (Å²) in [5.41, 5.74) is 0.957. The van der Waals surface area contributed by atoms with Crippen molar-refractivity contribution in [1.82, 2.24) is 25.1 Å². The molecule has 0 atom stereocenters. The molecule has 2 aromatic rings. The molecular formula is C19H27N5OS. The van der Waals surface area contributed by atoms with Crippen LogP contribution in [0.2, 0.25) is 0 Å². The van der Waals surface area contributed by atoms with Crippen LogP contribution in [0.15, 0.2) is 30.3 Å². The van der Waals surface area contributed by atoms with E-state index in [-0.39, 0.29) is 5.91 Å². The lowest BCUT2D eigenvalue weighted by molar-refractivity contribution is -0.133. The van der Waals surface area contributed by atoms with Crippen LogP contribution in [0.5, 0.6) is 0 Å². The Labute approximate surface area is 159 Å². The molecule has 0 N–H and O–H groups in total. The molecule has 0 unspecified atom stereocenters. The Bertz CT molecular complexity index is 684. The first kappa shape index (κ1) is 18.9. The summed E-state index contributed by atoms with van der Waals surface area (Å²) in [6.45, 7) is 2.91. The molecular weight excluding hydrogens is 346 g/mol. The Morgan fingerprint density at radius 2 is 2.00 bits per heavy atom. The largest absolute Gasteiger partial charge is 0.340 e. The molecule has 1 heterocycles. The number of amides is 1. The number of tetrazole rings is 1. The first-order chi connectivity index (χ1) is 12.8. The standard InChI is InChI=1S/C19H27N5OS/c1-2-23(16-9-5-3-6-10-16)19(25)13-14-26-15-18-20-21-22-24(18)17-11-7-4-8-12-17/h4,7-8,11-12,16H,2-3,5-6,9-10,13-15H2,1H3. The molecule has 1 aromatic carbocycles. The van der Waals surface area contributed by atoms with Gasteiger partial charge in [0.1, 0.15) is 0 Å². The van der Waals surface area contributed by atoms with Gasteiger partial charge >= 0.3 is 0 Å². The van der Waals surface area contributed by atoms with E-state index in [9.17, 15) is 4.79 Å². The minimum Gasteiger partial charge on any atom is -0.340 e. The fourth-order valence-electron chi connectivity index (χ4n) is 3.56.